The highest BCUT2D eigenvalue weighted by Gasteiger charge is 2.12. The highest BCUT2D eigenvalue weighted by atomic mass is 16.4. The van der Waals surface area contributed by atoms with Gasteiger partial charge in [0.2, 0.25) is 0 Å². The summed E-state index contributed by atoms with van der Waals surface area (Å²) in [5.41, 5.74) is 2.39. The minimum absolute atomic E-state index is 0.328. The second-order valence-electron chi connectivity index (χ2n) is 3.40. The average molecular weight is 189 g/mol. The summed E-state index contributed by atoms with van der Waals surface area (Å²) in [5.74, 6) is -0.886. The molecule has 1 aromatic carbocycles. The monoisotopic (exact) mass is 189 g/mol. The Morgan fingerprint density at radius 2 is 2.14 bits per heavy atom. The average Bonchev–Trinajstić information content (AvgIpc) is 2.46. The maximum atomic E-state index is 10.9. The first-order chi connectivity index (χ1) is 6.61. The quantitative estimate of drug-likeness (QED) is 0.747. The van der Waals surface area contributed by atoms with Gasteiger partial charge in [0.15, 0.2) is 0 Å². The summed E-state index contributed by atoms with van der Waals surface area (Å²) in [5, 5.41) is 9.94. The van der Waals surface area contributed by atoms with Crippen LogP contribution in [-0.2, 0) is 7.05 Å². The molecule has 1 aromatic heterocycles. The van der Waals surface area contributed by atoms with Gasteiger partial charge in [0, 0.05) is 18.0 Å². The highest BCUT2D eigenvalue weighted by Crippen LogP contribution is 2.21. The van der Waals surface area contributed by atoms with Crippen molar-refractivity contribution in [1.82, 2.24) is 4.57 Å². The molecule has 0 aliphatic rings. The first-order valence-electron chi connectivity index (χ1n) is 4.39. The number of carbonyl (C=O) groups is 1. The zero-order valence-electron chi connectivity index (χ0n) is 8.11. The molecule has 0 saturated carbocycles. The van der Waals surface area contributed by atoms with Crippen molar-refractivity contribution in [2.24, 2.45) is 7.05 Å². The van der Waals surface area contributed by atoms with Crippen LogP contribution in [0.3, 0.4) is 0 Å². The van der Waals surface area contributed by atoms with Crippen molar-refractivity contribution in [2.75, 3.05) is 0 Å². The second-order valence-corrected chi connectivity index (χ2v) is 3.40. The van der Waals surface area contributed by atoms with Crippen molar-refractivity contribution in [2.45, 2.75) is 6.92 Å². The van der Waals surface area contributed by atoms with Crippen molar-refractivity contribution >= 4 is 16.9 Å². The van der Waals surface area contributed by atoms with Crippen LogP contribution in [0, 0.1) is 6.92 Å². The molecule has 1 heterocycles. The van der Waals surface area contributed by atoms with E-state index in [0.29, 0.717) is 5.69 Å². The predicted molar refractivity (Wildman–Crippen MR) is 54.6 cm³/mol. The van der Waals surface area contributed by atoms with Crippen molar-refractivity contribution in [3.63, 3.8) is 0 Å². The molecular weight excluding hydrogens is 178 g/mol. The molecule has 72 valence electrons. The first-order valence-corrected chi connectivity index (χ1v) is 4.39. The Morgan fingerprint density at radius 1 is 1.43 bits per heavy atom. The van der Waals surface area contributed by atoms with Crippen molar-refractivity contribution in [3.05, 3.63) is 35.5 Å². The van der Waals surface area contributed by atoms with Crippen LogP contribution in [0.2, 0.25) is 0 Å². The zero-order valence-corrected chi connectivity index (χ0v) is 8.11. The third-order valence-corrected chi connectivity index (χ3v) is 2.52. The van der Waals surface area contributed by atoms with E-state index in [2.05, 4.69) is 0 Å². The molecule has 2 aromatic rings. The van der Waals surface area contributed by atoms with Gasteiger partial charge in [-0.3, -0.25) is 0 Å². The molecule has 0 radical (unpaired) electrons. The molecule has 0 bridgehead atoms. The molecular formula is C11H11NO2. The van der Waals surface area contributed by atoms with Crippen LogP contribution in [0.4, 0.5) is 0 Å². The topological polar surface area (TPSA) is 42.2 Å². The number of fused-ring (bicyclic) bond motifs is 1. The fraction of sp³-hybridized carbons (Fsp3) is 0.182. The summed E-state index contributed by atoms with van der Waals surface area (Å²) >= 11 is 0. The summed E-state index contributed by atoms with van der Waals surface area (Å²) in [6.07, 6.45) is 0. The van der Waals surface area contributed by atoms with Gasteiger partial charge in [-0.15, -0.1) is 0 Å². The maximum Gasteiger partial charge on any atom is 0.352 e. The molecule has 3 heteroatoms. The van der Waals surface area contributed by atoms with Crippen LogP contribution in [0.25, 0.3) is 10.9 Å². The number of rotatable bonds is 1. The van der Waals surface area contributed by atoms with Crippen LogP contribution in [0.5, 0.6) is 0 Å². The van der Waals surface area contributed by atoms with Gasteiger partial charge >= 0.3 is 5.97 Å². The number of nitrogens with zero attached hydrogens (tertiary/aromatic N) is 1. The smallest absolute Gasteiger partial charge is 0.352 e. The first kappa shape index (κ1) is 8.81. The van der Waals surface area contributed by atoms with Gasteiger partial charge in [-0.2, -0.15) is 0 Å². The Bertz CT molecular complexity index is 511. The number of aromatic carboxylic acids is 1. The Labute approximate surface area is 81.6 Å². The number of hydrogen-bond acceptors (Lipinski definition) is 1. The van der Waals surface area contributed by atoms with Gasteiger partial charge in [0.1, 0.15) is 5.69 Å². The maximum absolute atomic E-state index is 10.9. The molecule has 0 atom stereocenters. The van der Waals surface area contributed by atoms with E-state index in [-0.39, 0.29) is 0 Å². The van der Waals surface area contributed by atoms with Crippen LogP contribution in [0.1, 0.15) is 16.1 Å². The van der Waals surface area contributed by atoms with Crippen molar-refractivity contribution in [1.29, 1.82) is 0 Å². The number of aromatic nitrogens is 1. The SMILES string of the molecule is Cc1cccc2c1cc(C(=O)O)n2C. The van der Waals surface area contributed by atoms with Crippen LogP contribution >= 0.6 is 0 Å². The predicted octanol–water partition coefficient (Wildman–Crippen LogP) is 2.18. The molecule has 1 N–H and O–H groups in total. The standard InChI is InChI=1S/C11H11NO2/c1-7-4-3-5-9-8(7)6-10(11(13)14)12(9)2/h3-6H,1-2H3,(H,13,14). The van der Waals surface area contributed by atoms with Gasteiger partial charge in [-0.05, 0) is 24.6 Å². The summed E-state index contributed by atoms with van der Waals surface area (Å²) in [6.45, 7) is 1.98. The molecule has 3 nitrogen and oxygen atoms in total. The lowest BCUT2D eigenvalue weighted by Crippen LogP contribution is -2.03. The lowest BCUT2D eigenvalue weighted by molar-refractivity contribution is 0.0687. The fourth-order valence-electron chi connectivity index (χ4n) is 1.71. The normalized spacial score (nSPS) is 10.7. The third kappa shape index (κ3) is 1.09. The lowest BCUT2D eigenvalue weighted by Gasteiger charge is -1.99. The van der Waals surface area contributed by atoms with Gasteiger partial charge in [-0.25, -0.2) is 4.79 Å². The summed E-state index contributed by atoms with van der Waals surface area (Å²) in [4.78, 5) is 10.9. The van der Waals surface area contributed by atoms with E-state index in [9.17, 15) is 4.79 Å². The highest BCUT2D eigenvalue weighted by molar-refractivity contribution is 5.95. The second kappa shape index (κ2) is 2.87. The number of benzene rings is 1. The van der Waals surface area contributed by atoms with Crippen LogP contribution in [0.15, 0.2) is 24.3 Å². The number of carboxylic acid groups (broad SMARTS) is 1. The third-order valence-electron chi connectivity index (χ3n) is 2.52. The van der Waals surface area contributed by atoms with E-state index in [1.54, 1.807) is 17.7 Å². The largest absolute Gasteiger partial charge is 0.477 e. The molecule has 0 fully saturated rings. The van der Waals surface area contributed by atoms with E-state index in [0.717, 1.165) is 16.5 Å². The van der Waals surface area contributed by atoms with Crippen LogP contribution in [-0.4, -0.2) is 15.6 Å². The molecule has 2 rings (SSSR count). The van der Waals surface area contributed by atoms with Gasteiger partial charge < -0.3 is 9.67 Å². The number of hydrogen-bond donors (Lipinski definition) is 1. The van der Waals surface area contributed by atoms with Crippen LogP contribution < -0.4 is 0 Å². The molecule has 0 spiro atoms. The Kier molecular flexibility index (Phi) is 1.81. The van der Waals surface area contributed by atoms with Gasteiger partial charge in [0.25, 0.3) is 0 Å². The minimum Gasteiger partial charge on any atom is -0.477 e. The Morgan fingerprint density at radius 3 is 2.71 bits per heavy atom. The molecule has 0 unspecified atom stereocenters. The molecule has 0 amide bonds. The Balaban J connectivity index is 2.86. The number of carboxylic acids is 1. The molecule has 14 heavy (non-hydrogen) atoms. The van der Waals surface area contributed by atoms with E-state index in [1.807, 2.05) is 25.1 Å². The van der Waals surface area contributed by atoms with Gasteiger partial charge in [-0.1, -0.05) is 12.1 Å². The summed E-state index contributed by atoms with van der Waals surface area (Å²) in [6, 6.07) is 7.55. The fourth-order valence-corrected chi connectivity index (χ4v) is 1.71. The summed E-state index contributed by atoms with van der Waals surface area (Å²) < 4.78 is 1.70. The molecule has 0 aliphatic heterocycles. The molecule has 0 saturated heterocycles. The van der Waals surface area contributed by atoms with E-state index >= 15 is 0 Å². The van der Waals surface area contributed by atoms with E-state index < -0.39 is 5.97 Å². The van der Waals surface area contributed by atoms with Gasteiger partial charge in [0.05, 0.1) is 0 Å². The zero-order chi connectivity index (χ0) is 10.3. The van der Waals surface area contributed by atoms with Crippen molar-refractivity contribution < 1.29 is 9.90 Å². The minimum atomic E-state index is -0.886. The van der Waals surface area contributed by atoms with E-state index in [4.69, 9.17) is 5.11 Å². The lowest BCUT2D eigenvalue weighted by atomic mass is 10.1. The molecule has 0 aliphatic carbocycles. The summed E-state index contributed by atoms with van der Waals surface area (Å²) in [7, 11) is 1.77. The Hall–Kier alpha value is -1.77. The number of aryl methyl sites for hydroxylation is 2. The van der Waals surface area contributed by atoms with E-state index in [1.165, 1.54) is 0 Å². The van der Waals surface area contributed by atoms with Crippen molar-refractivity contribution in [3.8, 4) is 0 Å².